The van der Waals surface area contributed by atoms with Crippen LogP contribution in [0.25, 0.3) is 11.4 Å². The second-order valence-electron chi connectivity index (χ2n) is 4.80. The van der Waals surface area contributed by atoms with Crippen LogP contribution in [0.1, 0.15) is 41.5 Å². The van der Waals surface area contributed by atoms with Gasteiger partial charge in [-0.3, -0.25) is 0 Å². The fourth-order valence-electron chi connectivity index (χ4n) is 1.78. The van der Waals surface area contributed by atoms with Crippen LogP contribution in [-0.2, 0) is 0 Å². The van der Waals surface area contributed by atoms with Crippen LogP contribution in [0.4, 0.5) is 0 Å². The predicted octanol–water partition coefficient (Wildman–Crippen LogP) is 3.27. The molecule has 98 valence electrons. The first-order chi connectivity index (χ1) is 8.97. The molecular weight excluding hydrogens is 240 g/mol. The van der Waals surface area contributed by atoms with Crippen molar-refractivity contribution in [2.24, 2.45) is 0 Å². The Morgan fingerprint density at radius 1 is 1.16 bits per heavy atom. The zero-order valence-corrected chi connectivity index (χ0v) is 11.2. The highest BCUT2D eigenvalue weighted by molar-refractivity contribution is 5.88. The van der Waals surface area contributed by atoms with Crippen LogP contribution in [0.2, 0.25) is 0 Å². The summed E-state index contributed by atoms with van der Waals surface area (Å²) in [7, 11) is 0. The molecule has 0 saturated carbocycles. The van der Waals surface area contributed by atoms with Crippen molar-refractivity contribution >= 4 is 5.97 Å². The number of nitrogens with zero attached hydrogens (tertiary/aromatic N) is 2. The maximum atomic E-state index is 10.8. The first-order valence-corrected chi connectivity index (χ1v) is 6.16. The predicted molar refractivity (Wildman–Crippen MR) is 73.3 cm³/mol. The summed E-state index contributed by atoms with van der Waals surface area (Å²) in [5.41, 5.74) is 3.00. The van der Waals surface area contributed by atoms with Gasteiger partial charge in [-0.2, -0.15) is 0 Å². The number of hydrogen-bond acceptors (Lipinski definition) is 3. The minimum atomic E-state index is -0.931. The number of aryl methyl sites for hydroxylation is 1. The zero-order chi connectivity index (χ0) is 14.0. The third-order valence-electron chi connectivity index (χ3n) is 2.86. The number of aromatic carboxylic acids is 1. The van der Waals surface area contributed by atoms with Crippen LogP contribution >= 0.6 is 0 Å². The summed E-state index contributed by atoms with van der Waals surface area (Å²) >= 11 is 0. The van der Waals surface area contributed by atoms with Crippen LogP contribution in [0, 0.1) is 6.92 Å². The average Bonchev–Trinajstić information content (AvgIpc) is 2.38. The Hall–Kier alpha value is -2.23. The van der Waals surface area contributed by atoms with Crippen molar-refractivity contribution in [3.8, 4) is 11.4 Å². The number of carbonyl (C=O) groups is 1. The minimum absolute atomic E-state index is 0.264. The standard InChI is InChI=1S/C15H16N2O2/c1-9(2)13-8-10(3)16-14(17-13)11-4-6-12(7-5-11)15(18)19/h4-9H,1-3H3,(H,18,19). The van der Waals surface area contributed by atoms with Gasteiger partial charge in [0.1, 0.15) is 0 Å². The smallest absolute Gasteiger partial charge is 0.335 e. The monoisotopic (exact) mass is 256 g/mol. The molecule has 0 atom stereocenters. The van der Waals surface area contributed by atoms with E-state index in [2.05, 4.69) is 23.8 Å². The van der Waals surface area contributed by atoms with Crippen molar-refractivity contribution in [3.05, 3.63) is 47.3 Å². The topological polar surface area (TPSA) is 63.1 Å². The van der Waals surface area contributed by atoms with Gasteiger partial charge < -0.3 is 5.11 Å². The Morgan fingerprint density at radius 3 is 2.32 bits per heavy atom. The van der Waals surface area contributed by atoms with E-state index in [1.54, 1.807) is 24.3 Å². The maximum absolute atomic E-state index is 10.8. The van der Waals surface area contributed by atoms with Gasteiger partial charge in [-0.1, -0.05) is 26.0 Å². The molecule has 0 spiro atoms. The number of hydrogen-bond donors (Lipinski definition) is 1. The molecule has 1 N–H and O–H groups in total. The highest BCUT2D eigenvalue weighted by Gasteiger charge is 2.09. The first kappa shape index (κ1) is 13.2. The molecule has 0 saturated heterocycles. The zero-order valence-electron chi connectivity index (χ0n) is 11.2. The fraction of sp³-hybridized carbons (Fsp3) is 0.267. The second-order valence-corrected chi connectivity index (χ2v) is 4.80. The second kappa shape index (κ2) is 5.18. The van der Waals surface area contributed by atoms with E-state index >= 15 is 0 Å². The normalized spacial score (nSPS) is 10.7. The van der Waals surface area contributed by atoms with Crippen molar-refractivity contribution in [3.63, 3.8) is 0 Å². The Balaban J connectivity index is 2.43. The Bertz CT molecular complexity index is 604. The lowest BCUT2D eigenvalue weighted by molar-refractivity contribution is 0.0697. The summed E-state index contributed by atoms with van der Waals surface area (Å²) < 4.78 is 0. The van der Waals surface area contributed by atoms with E-state index in [4.69, 9.17) is 5.11 Å². The lowest BCUT2D eigenvalue weighted by Gasteiger charge is -2.08. The fourth-order valence-corrected chi connectivity index (χ4v) is 1.78. The first-order valence-electron chi connectivity index (χ1n) is 6.16. The van der Waals surface area contributed by atoms with E-state index in [0.717, 1.165) is 17.0 Å². The van der Waals surface area contributed by atoms with E-state index in [0.29, 0.717) is 11.7 Å². The molecule has 4 heteroatoms. The molecule has 0 amide bonds. The van der Waals surface area contributed by atoms with Crippen LogP contribution in [-0.4, -0.2) is 21.0 Å². The largest absolute Gasteiger partial charge is 0.478 e. The molecule has 0 aliphatic heterocycles. The molecule has 0 radical (unpaired) electrons. The Labute approximate surface area is 112 Å². The van der Waals surface area contributed by atoms with Gasteiger partial charge in [0.2, 0.25) is 0 Å². The molecule has 0 unspecified atom stereocenters. The maximum Gasteiger partial charge on any atom is 0.335 e. The molecule has 2 aromatic rings. The van der Waals surface area contributed by atoms with Gasteiger partial charge in [-0.25, -0.2) is 14.8 Å². The SMILES string of the molecule is Cc1cc(C(C)C)nc(-c2ccc(C(=O)O)cc2)n1. The number of carboxylic acid groups (broad SMARTS) is 1. The summed E-state index contributed by atoms with van der Waals surface area (Å²) in [6.07, 6.45) is 0. The molecule has 19 heavy (non-hydrogen) atoms. The van der Waals surface area contributed by atoms with Crippen LogP contribution in [0.3, 0.4) is 0 Å². The van der Waals surface area contributed by atoms with Gasteiger partial charge in [0, 0.05) is 17.0 Å². The van der Waals surface area contributed by atoms with E-state index in [-0.39, 0.29) is 5.56 Å². The molecule has 0 aliphatic carbocycles. The average molecular weight is 256 g/mol. The number of rotatable bonds is 3. The van der Waals surface area contributed by atoms with Gasteiger partial charge in [-0.15, -0.1) is 0 Å². The van der Waals surface area contributed by atoms with Gasteiger partial charge in [-0.05, 0) is 31.0 Å². The Morgan fingerprint density at radius 2 is 1.79 bits per heavy atom. The van der Waals surface area contributed by atoms with Gasteiger partial charge >= 0.3 is 5.97 Å². The lowest BCUT2D eigenvalue weighted by Crippen LogP contribution is -2.00. The molecule has 1 aromatic heterocycles. The summed E-state index contributed by atoms with van der Waals surface area (Å²) in [6.45, 7) is 6.10. The number of benzene rings is 1. The quantitative estimate of drug-likeness (QED) is 0.915. The Kier molecular flexibility index (Phi) is 3.60. The van der Waals surface area contributed by atoms with Gasteiger partial charge in [0.15, 0.2) is 5.82 Å². The molecule has 1 heterocycles. The molecule has 0 fully saturated rings. The van der Waals surface area contributed by atoms with Crippen molar-refractivity contribution < 1.29 is 9.90 Å². The highest BCUT2D eigenvalue weighted by atomic mass is 16.4. The molecule has 4 nitrogen and oxygen atoms in total. The van der Waals surface area contributed by atoms with Crippen molar-refractivity contribution in [1.82, 2.24) is 9.97 Å². The molecule has 2 rings (SSSR count). The van der Waals surface area contributed by atoms with Crippen LogP contribution in [0.5, 0.6) is 0 Å². The van der Waals surface area contributed by atoms with E-state index in [1.165, 1.54) is 0 Å². The summed E-state index contributed by atoms with van der Waals surface area (Å²) in [4.78, 5) is 19.7. The summed E-state index contributed by atoms with van der Waals surface area (Å²) in [5, 5.41) is 8.88. The van der Waals surface area contributed by atoms with Crippen molar-refractivity contribution in [2.45, 2.75) is 26.7 Å². The third-order valence-corrected chi connectivity index (χ3v) is 2.86. The van der Waals surface area contributed by atoms with E-state index < -0.39 is 5.97 Å². The van der Waals surface area contributed by atoms with Crippen molar-refractivity contribution in [2.75, 3.05) is 0 Å². The van der Waals surface area contributed by atoms with E-state index in [1.807, 2.05) is 13.0 Å². The van der Waals surface area contributed by atoms with Crippen molar-refractivity contribution in [1.29, 1.82) is 0 Å². The van der Waals surface area contributed by atoms with Crippen LogP contribution in [0.15, 0.2) is 30.3 Å². The molecular formula is C15H16N2O2. The van der Waals surface area contributed by atoms with Crippen LogP contribution < -0.4 is 0 Å². The lowest BCUT2D eigenvalue weighted by atomic mass is 10.1. The molecule has 1 aromatic carbocycles. The molecule has 0 aliphatic rings. The number of aromatic nitrogens is 2. The summed E-state index contributed by atoms with van der Waals surface area (Å²) in [6, 6.07) is 8.58. The third kappa shape index (κ3) is 2.96. The van der Waals surface area contributed by atoms with Gasteiger partial charge in [0.05, 0.1) is 5.56 Å². The summed E-state index contributed by atoms with van der Waals surface area (Å²) in [5.74, 6) is 0.0407. The van der Waals surface area contributed by atoms with Gasteiger partial charge in [0.25, 0.3) is 0 Å². The minimum Gasteiger partial charge on any atom is -0.478 e. The number of carboxylic acids is 1. The highest BCUT2D eigenvalue weighted by Crippen LogP contribution is 2.20. The molecule has 0 bridgehead atoms. The van der Waals surface area contributed by atoms with E-state index in [9.17, 15) is 4.79 Å².